The molecule has 1 unspecified atom stereocenters. The molecule has 0 aromatic heterocycles. The third-order valence-corrected chi connectivity index (χ3v) is 2.53. The Balaban J connectivity index is 4.44. The molecular formula is C9H22NO5+. The molecule has 0 saturated carbocycles. The first-order chi connectivity index (χ1) is 7.14. The molecule has 0 fully saturated rings. The highest BCUT2D eigenvalue weighted by Crippen LogP contribution is 2.07. The first-order valence-corrected chi connectivity index (χ1v) is 5.10. The summed E-state index contributed by atoms with van der Waals surface area (Å²) in [6.07, 6.45) is -0.894. The van der Waals surface area contributed by atoms with Crippen LogP contribution in [-0.4, -0.2) is 88.7 Å². The number of aliphatic hydroxyl groups excluding tert-OH is 5. The van der Waals surface area contributed by atoms with Crippen molar-refractivity contribution in [3.63, 3.8) is 0 Å². The fraction of sp³-hybridized carbons (Fsp3) is 1.00. The fourth-order valence-electron chi connectivity index (χ4n) is 1.75. The van der Waals surface area contributed by atoms with Crippen molar-refractivity contribution < 1.29 is 30.0 Å². The van der Waals surface area contributed by atoms with Crippen molar-refractivity contribution >= 4 is 0 Å². The molecule has 0 amide bonds. The molecule has 92 valence electrons. The minimum absolute atomic E-state index is 0.0852. The Hall–Kier alpha value is -0.240. The number of nitrogens with zero attached hydrogens (tertiary/aromatic N) is 1. The Morgan fingerprint density at radius 1 is 0.800 bits per heavy atom. The van der Waals surface area contributed by atoms with Crippen molar-refractivity contribution in [2.45, 2.75) is 6.10 Å². The van der Waals surface area contributed by atoms with Crippen LogP contribution in [0.25, 0.3) is 0 Å². The van der Waals surface area contributed by atoms with E-state index < -0.39 is 6.10 Å². The van der Waals surface area contributed by atoms with E-state index in [2.05, 4.69) is 0 Å². The van der Waals surface area contributed by atoms with Gasteiger partial charge in [0.15, 0.2) is 0 Å². The smallest absolute Gasteiger partial charge is 0.126 e. The van der Waals surface area contributed by atoms with Crippen molar-refractivity contribution in [2.75, 3.05) is 52.6 Å². The van der Waals surface area contributed by atoms with Gasteiger partial charge in [-0.2, -0.15) is 0 Å². The summed E-state index contributed by atoms with van der Waals surface area (Å²) >= 11 is 0. The zero-order chi connectivity index (χ0) is 11.7. The number of quaternary nitrogens is 1. The molecule has 0 aliphatic rings. The van der Waals surface area contributed by atoms with Crippen LogP contribution in [0.2, 0.25) is 0 Å². The van der Waals surface area contributed by atoms with Gasteiger partial charge < -0.3 is 30.0 Å². The van der Waals surface area contributed by atoms with Gasteiger partial charge in [0.2, 0.25) is 0 Å². The van der Waals surface area contributed by atoms with E-state index in [-0.39, 0.29) is 37.5 Å². The van der Waals surface area contributed by atoms with Gasteiger partial charge in [0.1, 0.15) is 32.3 Å². The van der Waals surface area contributed by atoms with Gasteiger partial charge in [0, 0.05) is 0 Å². The summed E-state index contributed by atoms with van der Waals surface area (Å²) < 4.78 is 0.214. The Bertz CT molecular complexity index is 138. The highest BCUT2D eigenvalue weighted by Gasteiger charge is 2.28. The molecule has 5 N–H and O–H groups in total. The van der Waals surface area contributed by atoms with Crippen LogP contribution in [0.15, 0.2) is 0 Å². The van der Waals surface area contributed by atoms with Crippen molar-refractivity contribution in [3.05, 3.63) is 0 Å². The molecule has 0 saturated heterocycles. The van der Waals surface area contributed by atoms with E-state index in [0.717, 1.165) is 0 Å². The lowest BCUT2D eigenvalue weighted by atomic mass is 10.2. The van der Waals surface area contributed by atoms with Crippen LogP contribution in [0.1, 0.15) is 0 Å². The zero-order valence-corrected chi connectivity index (χ0v) is 8.92. The van der Waals surface area contributed by atoms with Crippen molar-refractivity contribution in [1.82, 2.24) is 0 Å². The zero-order valence-electron chi connectivity index (χ0n) is 8.92. The first kappa shape index (κ1) is 14.8. The molecule has 0 spiro atoms. The van der Waals surface area contributed by atoms with Crippen LogP contribution in [0.3, 0.4) is 0 Å². The summed E-state index contributed by atoms with van der Waals surface area (Å²) in [6.45, 7) is 0.642. The highest BCUT2D eigenvalue weighted by atomic mass is 16.3. The van der Waals surface area contributed by atoms with Crippen LogP contribution in [-0.2, 0) is 0 Å². The Morgan fingerprint density at radius 3 is 1.47 bits per heavy atom. The molecule has 0 rings (SSSR count). The van der Waals surface area contributed by atoms with E-state index >= 15 is 0 Å². The van der Waals surface area contributed by atoms with Gasteiger partial charge in [-0.25, -0.2) is 0 Å². The number of hydrogen-bond donors (Lipinski definition) is 5. The lowest BCUT2D eigenvalue weighted by molar-refractivity contribution is -0.931. The topological polar surface area (TPSA) is 101 Å². The normalized spacial score (nSPS) is 14.2. The van der Waals surface area contributed by atoms with Crippen LogP contribution in [0.5, 0.6) is 0 Å². The molecular weight excluding hydrogens is 202 g/mol. The maximum absolute atomic E-state index is 9.36. The van der Waals surface area contributed by atoms with E-state index in [1.807, 2.05) is 0 Å². The summed E-state index contributed by atoms with van der Waals surface area (Å²) in [4.78, 5) is 0. The molecule has 0 aliphatic heterocycles. The van der Waals surface area contributed by atoms with E-state index in [1.54, 1.807) is 0 Å². The first-order valence-electron chi connectivity index (χ1n) is 5.10. The lowest BCUT2D eigenvalue weighted by Gasteiger charge is -2.38. The third-order valence-electron chi connectivity index (χ3n) is 2.53. The lowest BCUT2D eigenvalue weighted by Crippen LogP contribution is -2.57. The van der Waals surface area contributed by atoms with Crippen LogP contribution in [0.4, 0.5) is 0 Å². The molecule has 0 bridgehead atoms. The largest absolute Gasteiger partial charge is 0.393 e. The van der Waals surface area contributed by atoms with Gasteiger partial charge in [-0.3, -0.25) is 0 Å². The SMILES string of the molecule is OCC[N+](CCO)(CCO)CC(O)CO. The molecule has 6 heteroatoms. The summed E-state index contributed by atoms with van der Waals surface area (Å²) in [7, 11) is 0. The Morgan fingerprint density at radius 2 is 1.20 bits per heavy atom. The standard InChI is InChI=1S/C9H22NO5/c11-4-1-10(2-5-12,3-6-13)7-9(15)8-14/h9,11-15H,1-8H2/q+1. The van der Waals surface area contributed by atoms with Gasteiger partial charge in [-0.1, -0.05) is 0 Å². The number of rotatable bonds is 9. The predicted octanol–water partition coefficient (Wildman–Crippen LogP) is -2.87. The van der Waals surface area contributed by atoms with E-state index in [9.17, 15) is 5.11 Å². The van der Waals surface area contributed by atoms with Crippen LogP contribution in [0, 0.1) is 0 Å². The van der Waals surface area contributed by atoms with Gasteiger partial charge in [-0.15, -0.1) is 0 Å². The molecule has 0 aromatic carbocycles. The summed E-state index contributed by atoms with van der Waals surface area (Å²) in [6, 6.07) is 0. The molecule has 6 nitrogen and oxygen atoms in total. The average molecular weight is 224 g/mol. The number of hydrogen-bond acceptors (Lipinski definition) is 5. The molecule has 15 heavy (non-hydrogen) atoms. The van der Waals surface area contributed by atoms with Gasteiger partial charge in [-0.05, 0) is 0 Å². The Labute approximate surface area is 89.6 Å². The van der Waals surface area contributed by atoms with Crippen molar-refractivity contribution in [1.29, 1.82) is 0 Å². The second-order valence-corrected chi connectivity index (χ2v) is 3.70. The molecule has 0 aliphatic carbocycles. The molecule has 0 heterocycles. The monoisotopic (exact) mass is 224 g/mol. The Kier molecular flexibility index (Phi) is 7.85. The second kappa shape index (κ2) is 7.98. The van der Waals surface area contributed by atoms with Crippen molar-refractivity contribution in [3.8, 4) is 0 Å². The maximum atomic E-state index is 9.36. The third kappa shape index (κ3) is 5.41. The fourth-order valence-corrected chi connectivity index (χ4v) is 1.75. The predicted molar refractivity (Wildman–Crippen MR) is 54.1 cm³/mol. The average Bonchev–Trinajstić information content (AvgIpc) is 2.18. The summed E-state index contributed by atoms with van der Waals surface area (Å²) in [5, 5.41) is 44.9. The van der Waals surface area contributed by atoms with Gasteiger partial charge >= 0.3 is 0 Å². The number of aliphatic hydroxyl groups is 5. The summed E-state index contributed by atoms with van der Waals surface area (Å²) in [5.74, 6) is 0. The minimum atomic E-state index is -0.894. The van der Waals surface area contributed by atoms with E-state index in [1.165, 1.54) is 0 Å². The van der Waals surface area contributed by atoms with Crippen molar-refractivity contribution in [2.24, 2.45) is 0 Å². The van der Waals surface area contributed by atoms with Crippen LogP contribution >= 0.6 is 0 Å². The van der Waals surface area contributed by atoms with Crippen LogP contribution < -0.4 is 0 Å². The van der Waals surface area contributed by atoms with Gasteiger partial charge in [0.25, 0.3) is 0 Å². The molecule has 1 atom stereocenters. The second-order valence-electron chi connectivity index (χ2n) is 3.70. The van der Waals surface area contributed by atoms with E-state index in [0.29, 0.717) is 19.6 Å². The maximum Gasteiger partial charge on any atom is 0.126 e. The summed E-state index contributed by atoms with van der Waals surface area (Å²) in [5.41, 5.74) is 0. The highest BCUT2D eigenvalue weighted by molar-refractivity contribution is 4.54. The molecule has 0 radical (unpaired) electrons. The quantitative estimate of drug-likeness (QED) is 0.271. The molecule has 0 aromatic rings. The minimum Gasteiger partial charge on any atom is -0.393 e. The van der Waals surface area contributed by atoms with E-state index in [4.69, 9.17) is 20.4 Å². The van der Waals surface area contributed by atoms with Gasteiger partial charge in [0.05, 0.1) is 26.4 Å².